The van der Waals surface area contributed by atoms with Crippen LogP contribution in [0.2, 0.25) is 0 Å². The maximum absolute atomic E-state index is 5.84. The van der Waals surface area contributed by atoms with Crippen LogP contribution in [-0.4, -0.2) is 16.0 Å². The molecule has 0 saturated heterocycles. The van der Waals surface area contributed by atoms with E-state index >= 15 is 0 Å². The minimum absolute atomic E-state index is 0.585. The summed E-state index contributed by atoms with van der Waals surface area (Å²) in [5.74, 6) is 1.37. The summed E-state index contributed by atoms with van der Waals surface area (Å²) in [4.78, 5) is 1.07. The molecule has 0 amide bonds. The second kappa shape index (κ2) is 3.85. The maximum Gasteiger partial charge on any atom is 0.135 e. The van der Waals surface area contributed by atoms with Crippen molar-refractivity contribution in [3.8, 4) is 0 Å². The molecule has 0 aliphatic heterocycles. The standard InChI is InChI=1S/C8H15N3S/c1-6(2)5-11-8(9)7(12-3)4-10-11/h4,6H,5,9H2,1-3H3. The monoisotopic (exact) mass is 185 g/mol. The largest absolute Gasteiger partial charge is 0.383 e. The predicted octanol–water partition coefficient (Wildman–Crippen LogP) is 1.84. The van der Waals surface area contributed by atoms with Crippen LogP contribution in [0, 0.1) is 5.92 Å². The van der Waals surface area contributed by atoms with Crippen molar-refractivity contribution in [2.75, 3.05) is 12.0 Å². The van der Waals surface area contributed by atoms with Gasteiger partial charge in [0.2, 0.25) is 0 Å². The van der Waals surface area contributed by atoms with E-state index in [9.17, 15) is 0 Å². The van der Waals surface area contributed by atoms with Crippen molar-refractivity contribution < 1.29 is 0 Å². The molecule has 0 aliphatic carbocycles. The summed E-state index contributed by atoms with van der Waals surface area (Å²) in [5.41, 5.74) is 5.84. The third-order valence-electron chi connectivity index (χ3n) is 1.60. The fourth-order valence-electron chi connectivity index (χ4n) is 1.03. The lowest BCUT2D eigenvalue weighted by atomic mass is 10.2. The lowest BCUT2D eigenvalue weighted by Crippen LogP contribution is -2.09. The third-order valence-corrected chi connectivity index (χ3v) is 2.36. The summed E-state index contributed by atoms with van der Waals surface area (Å²) in [7, 11) is 0. The SMILES string of the molecule is CSc1cnn(CC(C)C)c1N. The van der Waals surface area contributed by atoms with E-state index in [1.807, 2.05) is 17.1 Å². The molecule has 1 aromatic heterocycles. The zero-order valence-corrected chi connectivity index (χ0v) is 8.56. The second-order valence-corrected chi connectivity index (χ2v) is 4.02. The lowest BCUT2D eigenvalue weighted by molar-refractivity contribution is 0.488. The van der Waals surface area contributed by atoms with Crippen molar-refractivity contribution in [1.82, 2.24) is 9.78 Å². The first-order chi connectivity index (χ1) is 5.65. The molecule has 68 valence electrons. The van der Waals surface area contributed by atoms with E-state index in [1.165, 1.54) is 0 Å². The summed E-state index contributed by atoms with van der Waals surface area (Å²) in [5, 5.41) is 4.20. The number of nitrogens with two attached hydrogens (primary N) is 1. The van der Waals surface area contributed by atoms with Gasteiger partial charge in [-0.1, -0.05) is 13.8 Å². The van der Waals surface area contributed by atoms with Crippen LogP contribution in [0.4, 0.5) is 5.82 Å². The summed E-state index contributed by atoms with van der Waals surface area (Å²) in [6.45, 7) is 5.20. The minimum Gasteiger partial charge on any atom is -0.383 e. The highest BCUT2D eigenvalue weighted by molar-refractivity contribution is 7.98. The van der Waals surface area contributed by atoms with Crippen molar-refractivity contribution in [2.45, 2.75) is 25.3 Å². The first-order valence-electron chi connectivity index (χ1n) is 4.00. The number of anilines is 1. The molecule has 0 aromatic carbocycles. The number of aromatic nitrogens is 2. The van der Waals surface area contributed by atoms with Crippen molar-refractivity contribution >= 4 is 17.6 Å². The van der Waals surface area contributed by atoms with Crippen LogP contribution >= 0.6 is 11.8 Å². The molecule has 2 N–H and O–H groups in total. The van der Waals surface area contributed by atoms with Gasteiger partial charge in [0.15, 0.2) is 0 Å². The van der Waals surface area contributed by atoms with E-state index in [2.05, 4.69) is 18.9 Å². The summed E-state index contributed by atoms with van der Waals surface area (Å²) < 4.78 is 1.86. The van der Waals surface area contributed by atoms with E-state index in [4.69, 9.17) is 5.73 Å². The number of hydrogen-bond acceptors (Lipinski definition) is 3. The molecule has 0 saturated carbocycles. The lowest BCUT2D eigenvalue weighted by Gasteiger charge is -2.06. The Morgan fingerprint density at radius 3 is 2.75 bits per heavy atom. The number of nitrogen functional groups attached to an aromatic ring is 1. The van der Waals surface area contributed by atoms with E-state index in [1.54, 1.807) is 11.8 Å². The summed E-state index contributed by atoms with van der Waals surface area (Å²) >= 11 is 1.64. The smallest absolute Gasteiger partial charge is 0.135 e. The molecule has 0 aliphatic rings. The normalized spacial score (nSPS) is 11.0. The molecule has 1 rings (SSSR count). The van der Waals surface area contributed by atoms with Gasteiger partial charge >= 0.3 is 0 Å². The Kier molecular flexibility index (Phi) is 3.03. The van der Waals surface area contributed by atoms with Crippen LogP contribution in [0.15, 0.2) is 11.1 Å². The molecule has 1 aromatic rings. The van der Waals surface area contributed by atoms with Crippen LogP contribution in [-0.2, 0) is 6.54 Å². The van der Waals surface area contributed by atoms with Gasteiger partial charge in [-0.2, -0.15) is 5.10 Å². The van der Waals surface area contributed by atoms with Gasteiger partial charge in [0, 0.05) is 6.54 Å². The second-order valence-electron chi connectivity index (χ2n) is 3.17. The highest BCUT2D eigenvalue weighted by Gasteiger charge is 2.06. The van der Waals surface area contributed by atoms with Gasteiger partial charge < -0.3 is 5.73 Å². The van der Waals surface area contributed by atoms with Crippen molar-refractivity contribution in [3.05, 3.63) is 6.20 Å². The molecular formula is C8H15N3S. The fraction of sp³-hybridized carbons (Fsp3) is 0.625. The van der Waals surface area contributed by atoms with E-state index in [0.29, 0.717) is 5.92 Å². The van der Waals surface area contributed by atoms with Crippen molar-refractivity contribution in [2.24, 2.45) is 5.92 Å². The molecule has 4 heteroatoms. The van der Waals surface area contributed by atoms with Gasteiger partial charge in [-0.3, -0.25) is 0 Å². The maximum atomic E-state index is 5.84. The zero-order chi connectivity index (χ0) is 9.14. The topological polar surface area (TPSA) is 43.8 Å². The molecule has 0 unspecified atom stereocenters. The van der Waals surface area contributed by atoms with Crippen molar-refractivity contribution in [1.29, 1.82) is 0 Å². The number of rotatable bonds is 3. The molecule has 3 nitrogen and oxygen atoms in total. The van der Waals surface area contributed by atoms with Crippen LogP contribution in [0.25, 0.3) is 0 Å². The van der Waals surface area contributed by atoms with Crippen LogP contribution < -0.4 is 5.73 Å². The number of nitrogens with zero attached hydrogens (tertiary/aromatic N) is 2. The van der Waals surface area contributed by atoms with Crippen LogP contribution in [0.5, 0.6) is 0 Å². The molecule has 0 fully saturated rings. The van der Waals surface area contributed by atoms with Crippen molar-refractivity contribution in [3.63, 3.8) is 0 Å². The first kappa shape index (κ1) is 9.45. The van der Waals surface area contributed by atoms with E-state index < -0.39 is 0 Å². The molecule has 0 spiro atoms. The zero-order valence-electron chi connectivity index (χ0n) is 7.74. The molecular weight excluding hydrogens is 170 g/mol. The van der Waals surface area contributed by atoms with Gasteiger partial charge in [0.1, 0.15) is 5.82 Å². The van der Waals surface area contributed by atoms with Gasteiger partial charge in [0.05, 0.1) is 11.1 Å². The Morgan fingerprint density at radius 1 is 1.67 bits per heavy atom. The molecule has 0 radical (unpaired) electrons. The molecule has 0 atom stereocenters. The number of hydrogen-bond donors (Lipinski definition) is 1. The Morgan fingerprint density at radius 2 is 2.33 bits per heavy atom. The average Bonchev–Trinajstić information content (AvgIpc) is 2.32. The minimum atomic E-state index is 0.585. The van der Waals surface area contributed by atoms with Gasteiger partial charge in [-0.15, -0.1) is 11.8 Å². The Bertz CT molecular complexity index is 255. The van der Waals surface area contributed by atoms with E-state index in [-0.39, 0.29) is 0 Å². The van der Waals surface area contributed by atoms with E-state index in [0.717, 1.165) is 17.3 Å². The van der Waals surface area contributed by atoms with Gasteiger partial charge in [-0.05, 0) is 12.2 Å². The fourth-order valence-corrected chi connectivity index (χ4v) is 1.49. The molecule has 12 heavy (non-hydrogen) atoms. The van der Waals surface area contributed by atoms with Gasteiger partial charge in [-0.25, -0.2) is 4.68 Å². The summed E-state index contributed by atoms with van der Waals surface area (Å²) in [6.07, 6.45) is 3.83. The van der Waals surface area contributed by atoms with Crippen LogP contribution in [0.3, 0.4) is 0 Å². The average molecular weight is 185 g/mol. The molecule has 1 heterocycles. The first-order valence-corrected chi connectivity index (χ1v) is 5.23. The quantitative estimate of drug-likeness (QED) is 0.731. The highest BCUT2D eigenvalue weighted by Crippen LogP contribution is 2.22. The Labute approximate surface area is 77.3 Å². The predicted molar refractivity (Wildman–Crippen MR) is 53.3 cm³/mol. The van der Waals surface area contributed by atoms with Gasteiger partial charge in [0.25, 0.3) is 0 Å². The third kappa shape index (κ3) is 1.94. The number of thioether (sulfide) groups is 1. The highest BCUT2D eigenvalue weighted by atomic mass is 32.2. The summed E-state index contributed by atoms with van der Waals surface area (Å²) in [6, 6.07) is 0. The van der Waals surface area contributed by atoms with Crippen LogP contribution in [0.1, 0.15) is 13.8 Å². The molecule has 0 bridgehead atoms. The Balaban J connectivity index is 2.80. The Hall–Kier alpha value is -0.640.